The van der Waals surface area contributed by atoms with Crippen LogP contribution in [0.4, 0.5) is 0 Å². The normalized spacial score (nSPS) is 15.9. The Morgan fingerprint density at radius 2 is 2.18 bits per heavy atom. The number of thiophene rings is 1. The van der Waals surface area contributed by atoms with Gasteiger partial charge in [0.2, 0.25) is 0 Å². The summed E-state index contributed by atoms with van der Waals surface area (Å²) in [6.45, 7) is 2.83. The molecule has 2 aromatic rings. The van der Waals surface area contributed by atoms with Crippen LogP contribution in [0.25, 0.3) is 10.6 Å². The minimum absolute atomic E-state index is 0.0527. The van der Waals surface area contributed by atoms with Crippen molar-refractivity contribution in [3.63, 3.8) is 0 Å². The molecule has 3 rings (SSSR count). The minimum Gasteiger partial charge on any atom is -0.337 e. The molecule has 0 aromatic carbocycles. The monoisotopic (exact) mass is 317 g/mol. The number of carbonyl (C=O) groups is 1. The highest BCUT2D eigenvalue weighted by atomic mass is 32.1. The van der Waals surface area contributed by atoms with E-state index >= 15 is 0 Å². The van der Waals surface area contributed by atoms with E-state index in [1.54, 1.807) is 11.3 Å². The van der Waals surface area contributed by atoms with Crippen molar-refractivity contribution in [2.75, 3.05) is 7.05 Å². The molecule has 4 nitrogen and oxygen atoms in total. The van der Waals surface area contributed by atoms with Crippen LogP contribution in [0.5, 0.6) is 0 Å². The van der Waals surface area contributed by atoms with Gasteiger partial charge in [-0.05, 0) is 37.3 Å². The Kier molecular flexibility index (Phi) is 4.62. The lowest BCUT2D eigenvalue weighted by molar-refractivity contribution is 0.0689. The molecule has 0 bridgehead atoms. The largest absolute Gasteiger partial charge is 0.337 e. The second-order valence-corrected chi connectivity index (χ2v) is 6.86. The number of rotatable bonds is 4. The summed E-state index contributed by atoms with van der Waals surface area (Å²) in [5.41, 5.74) is 1.61. The van der Waals surface area contributed by atoms with Crippen LogP contribution >= 0.6 is 11.3 Å². The number of hydrogen-bond acceptors (Lipinski definition) is 3. The molecule has 0 radical (unpaired) electrons. The molecule has 0 saturated heterocycles. The summed E-state index contributed by atoms with van der Waals surface area (Å²) in [4.78, 5) is 15.8. The molecule has 0 atom stereocenters. The van der Waals surface area contributed by atoms with Crippen LogP contribution < -0.4 is 0 Å². The van der Waals surface area contributed by atoms with E-state index in [0.717, 1.165) is 30.0 Å². The molecule has 0 spiro atoms. The third-order valence-electron chi connectivity index (χ3n) is 4.52. The summed E-state index contributed by atoms with van der Waals surface area (Å²) in [6.07, 6.45) is 5.99. The summed E-state index contributed by atoms with van der Waals surface area (Å²) < 4.78 is 1.92. The molecule has 0 aliphatic heterocycles. The van der Waals surface area contributed by atoms with Gasteiger partial charge in [-0.25, -0.2) is 0 Å². The molecule has 1 aliphatic rings. The number of carbonyl (C=O) groups excluding carboxylic acids is 1. The van der Waals surface area contributed by atoms with E-state index in [-0.39, 0.29) is 5.91 Å². The highest BCUT2D eigenvalue weighted by Gasteiger charge is 2.25. The molecule has 0 unspecified atom stereocenters. The van der Waals surface area contributed by atoms with Gasteiger partial charge >= 0.3 is 0 Å². The van der Waals surface area contributed by atoms with Gasteiger partial charge in [-0.1, -0.05) is 25.3 Å². The maximum Gasteiger partial charge on any atom is 0.274 e. The average molecular weight is 317 g/mol. The first-order valence-electron chi connectivity index (χ1n) is 8.09. The van der Waals surface area contributed by atoms with Gasteiger partial charge in [0.25, 0.3) is 5.91 Å². The Morgan fingerprint density at radius 3 is 2.82 bits per heavy atom. The van der Waals surface area contributed by atoms with Gasteiger partial charge in [-0.2, -0.15) is 5.10 Å². The molecule has 1 saturated carbocycles. The molecule has 0 N–H and O–H groups in total. The fourth-order valence-corrected chi connectivity index (χ4v) is 3.95. The van der Waals surface area contributed by atoms with E-state index in [2.05, 4.69) is 23.5 Å². The number of hydrogen-bond donors (Lipinski definition) is 0. The Labute approximate surface area is 135 Å². The fourth-order valence-electron chi connectivity index (χ4n) is 3.20. The van der Waals surface area contributed by atoms with E-state index in [0.29, 0.717) is 11.7 Å². The van der Waals surface area contributed by atoms with Gasteiger partial charge in [-0.15, -0.1) is 11.3 Å². The topological polar surface area (TPSA) is 38.1 Å². The highest BCUT2D eigenvalue weighted by molar-refractivity contribution is 7.13. The molecule has 2 heterocycles. The maximum absolute atomic E-state index is 12.7. The predicted octanol–water partition coefficient (Wildman–Crippen LogP) is 4.04. The van der Waals surface area contributed by atoms with Crippen LogP contribution in [-0.2, 0) is 6.54 Å². The lowest BCUT2D eigenvalue weighted by atomic mass is 9.94. The molecule has 5 heteroatoms. The van der Waals surface area contributed by atoms with Crippen LogP contribution in [0.1, 0.15) is 49.5 Å². The van der Waals surface area contributed by atoms with E-state index in [9.17, 15) is 4.79 Å². The Morgan fingerprint density at radius 1 is 1.41 bits per heavy atom. The number of aromatic nitrogens is 2. The first-order valence-corrected chi connectivity index (χ1v) is 8.97. The van der Waals surface area contributed by atoms with Gasteiger partial charge in [0, 0.05) is 19.6 Å². The van der Waals surface area contributed by atoms with Crippen LogP contribution in [0, 0.1) is 0 Å². The zero-order chi connectivity index (χ0) is 15.5. The summed E-state index contributed by atoms with van der Waals surface area (Å²) >= 11 is 1.68. The molecule has 118 valence electrons. The summed E-state index contributed by atoms with van der Waals surface area (Å²) in [6, 6.07) is 6.42. The number of amides is 1. The molecule has 1 amide bonds. The first-order chi connectivity index (χ1) is 10.7. The molecule has 2 aromatic heterocycles. The van der Waals surface area contributed by atoms with Gasteiger partial charge in [-0.3, -0.25) is 9.48 Å². The Balaban J connectivity index is 1.83. The van der Waals surface area contributed by atoms with Crippen molar-refractivity contribution in [1.82, 2.24) is 14.7 Å². The van der Waals surface area contributed by atoms with Gasteiger partial charge in [0.05, 0.1) is 10.6 Å². The van der Waals surface area contributed by atoms with Crippen molar-refractivity contribution >= 4 is 17.2 Å². The zero-order valence-electron chi connectivity index (χ0n) is 13.3. The molecule has 22 heavy (non-hydrogen) atoms. The zero-order valence-corrected chi connectivity index (χ0v) is 14.1. The molecule has 1 aliphatic carbocycles. The second kappa shape index (κ2) is 6.65. The molecule has 1 fully saturated rings. The number of aryl methyl sites for hydroxylation is 1. The van der Waals surface area contributed by atoms with Crippen molar-refractivity contribution < 1.29 is 4.79 Å². The smallest absolute Gasteiger partial charge is 0.274 e. The molecular weight excluding hydrogens is 294 g/mol. The van der Waals surface area contributed by atoms with Crippen molar-refractivity contribution in [2.45, 2.75) is 51.6 Å². The van der Waals surface area contributed by atoms with Crippen molar-refractivity contribution in [1.29, 1.82) is 0 Å². The average Bonchev–Trinajstić information content (AvgIpc) is 3.23. The number of nitrogens with zero attached hydrogens (tertiary/aromatic N) is 3. The van der Waals surface area contributed by atoms with Crippen molar-refractivity contribution in [3.05, 3.63) is 29.3 Å². The highest BCUT2D eigenvalue weighted by Crippen LogP contribution is 2.27. The van der Waals surface area contributed by atoms with Gasteiger partial charge in [0.15, 0.2) is 5.69 Å². The summed E-state index contributed by atoms with van der Waals surface area (Å²) in [5, 5.41) is 6.59. The predicted molar refractivity (Wildman–Crippen MR) is 90.2 cm³/mol. The minimum atomic E-state index is 0.0527. The third-order valence-corrected chi connectivity index (χ3v) is 5.41. The quantitative estimate of drug-likeness (QED) is 0.853. The molecular formula is C17H23N3OS. The van der Waals surface area contributed by atoms with Crippen LogP contribution in [0.15, 0.2) is 23.6 Å². The summed E-state index contributed by atoms with van der Waals surface area (Å²) in [5.74, 6) is 0.0527. The van der Waals surface area contributed by atoms with E-state index < -0.39 is 0 Å². The van der Waals surface area contributed by atoms with Crippen molar-refractivity contribution in [3.8, 4) is 10.6 Å². The maximum atomic E-state index is 12.7. The second-order valence-electron chi connectivity index (χ2n) is 5.92. The first kappa shape index (κ1) is 15.3. The van der Waals surface area contributed by atoms with E-state index in [1.807, 2.05) is 28.8 Å². The van der Waals surface area contributed by atoms with Crippen molar-refractivity contribution in [2.24, 2.45) is 0 Å². The Hall–Kier alpha value is -1.62. The lowest BCUT2D eigenvalue weighted by Gasteiger charge is -2.30. The van der Waals surface area contributed by atoms with E-state index in [4.69, 9.17) is 0 Å². The van der Waals surface area contributed by atoms with Crippen LogP contribution in [0.2, 0.25) is 0 Å². The van der Waals surface area contributed by atoms with E-state index in [1.165, 1.54) is 19.3 Å². The van der Waals surface area contributed by atoms with Gasteiger partial charge in [0.1, 0.15) is 0 Å². The van der Waals surface area contributed by atoms with Crippen LogP contribution in [0.3, 0.4) is 0 Å². The fraction of sp³-hybridized carbons (Fsp3) is 0.529. The Bertz CT molecular complexity index is 626. The SMILES string of the molecule is CCn1nc(C(=O)N(C)C2CCCCC2)cc1-c1cccs1. The third kappa shape index (κ3) is 2.95. The standard InChI is InChI=1S/C17H23N3OS/c1-3-20-15(16-10-7-11-22-16)12-14(18-20)17(21)19(2)13-8-5-4-6-9-13/h7,10-13H,3-6,8-9H2,1-2H3. The van der Waals surface area contributed by atoms with Crippen LogP contribution in [-0.4, -0.2) is 33.7 Å². The summed E-state index contributed by atoms with van der Waals surface area (Å²) in [7, 11) is 1.92. The lowest BCUT2D eigenvalue weighted by Crippen LogP contribution is -2.38. The van der Waals surface area contributed by atoms with Gasteiger partial charge < -0.3 is 4.90 Å².